The quantitative estimate of drug-likeness (QED) is 0.721. The Morgan fingerprint density at radius 2 is 2.15 bits per heavy atom. The highest BCUT2D eigenvalue weighted by Crippen LogP contribution is 2.19. The zero-order valence-corrected chi connectivity index (χ0v) is 12.6. The summed E-state index contributed by atoms with van der Waals surface area (Å²) in [4.78, 5) is 26.9. The number of carboxylic acids is 1. The molecule has 1 aliphatic rings. The molecule has 20 heavy (non-hydrogen) atoms. The molecule has 0 aromatic heterocycles. The van der Waals surface area contributed by atoms with E-state index in [1.807, 2.05) is 13.8 Å². The van der Waals surface area contributed by atoms with Crippen LogP contribution in [-0.2, 0) is 9.59 Å². The van der Waals surface area contributed by atoms with Crippen molar-refractivity contribution in [1.82, 2.24) is 9.80 Å². The molecule has 5 nitrogen and oxygen atoms in total. The standard InChI is InChI=1S/C15H26N2O3/c1-4-17(9-12(2)3)14(18)11-16-7-5-6-13(10-16)8-15(19)20/h13H,2,4-11H2,1,3H3,(H,19,20). The summed E-state index contributed by atoms with van der Waals surface area (Å²) >= 11 is 0. The molecule has 0 aromatic rings. The predicted molar refractivity (Wildman–Crippen MR) is 78.5 cm³/mol. The van der Waals surface area contributed by atoms with Crippen molar-refractivity contribution in [1.29, 1.82) is 0 Å². The van der Waals surface area contributed by atoms with Crippen LogP contribution in [0.3, 0.4) is 0 Å². The Balaban J connectivity index is 2.47. The van der Waals surface area contributed by atoms with Crippen molar-refractivity contribution < 1.29 is 14.7 Å². The molecule has 1 atom stereocenters. The molecule has 5 heteroatoms. The SMILES string of the molecule is C=C(C)CN(CC)C(=O)CN1CCCC(CC(=O)O)C1. The Morgan fingerprint density at radius 3 is 2.70 bits per heavy atom. The van der Waals surface area contributed by atoms with E-state index in [1.165, 1.54) is 0 Å². The fourth-order valence-electron chi connectivity index (χ4n) is 2.70. The van der Waals surface area contributed by atoms with Gasteiger partial charge in [0, 0.05) is 26.1 Å². The number of carbonyl (C=O) groups excluding carboxylic acids is 1. The smallest absolute Gasteiger partial charge is 0.303 e. The second-order valence-corrected chi connectivity index (χ2v) is 5.71. The van der Waals surface area contributed by atoms with Gasteiger partial charge in [0.05, 0.1) is 6.54 Å². The van der Waals surface area contributed by atoms with Crippen LogP contribution in [0.2, 0.25) is 0 Å². The number of rotatable bonds is 7. The average molecular weight is 282 g/mol. The van der Waals surface area contributed by atoms with Crippen LogP contribution >= 0.6 is 0 Å². The third-order valence-electron chi connectivity index (χ3n) is 3.62. The first-order valence-corrected chi connectivity index (χ1v) is 7.28. The molecule has 1 unspecified atom stereocenters. The van der Waals surface area contributed by atoms with Gasteiger partial charge in [-0.2, -0.15) is 0 Å². The molecule has 0 bridgehead atoms. The summed E-state index contributed by atoms with van der Waals surface area (Å²) in [6, 6.07) is 0. The first-order valence-electron chi connectivity index (χ1n) is 7.28. The van der Waals surface area contributed by atoms with Gasteiger partial charge in [0.2, 0.25) is 5.91 Å². The molecule has 1 aliphatic heterocycles. The number of carbonyl (C=O) groups is 2. The largest absolute Gasteiger partial charge is 0.481 e. The average Bonchev–Trinajstić information content (AvgIpc) is 2.35. The second kappa shape index (κ2) is 8.04. The summed E-state index contributed by atoms with van der Waals surface area (Å²) in [7, 11) is 0. The maximum Gasteiger partial charge on any atom is 0.303 e. The van der Waals surface area contributed by atoms with Crippen molar-refractivity contribution >= 4 is 11.9 Å². The van der Waals surface area contributed by atoms with Gasteiger partial charge in [0.1, 0.15) is 0 Å². The van der Waals surface area contributed by atoms with Crippen LogP contribution in [-0.4, -0.2) is 59.5 Å². The summed E-state index contributed by atoms with van der Waals surface area (Å²) in [5, 5.41) is 8.86. The fourth-order valence-corrected chi connectivity index (χ4v) is 2.70. The van der Waals surface area contributed by atoms with E-state index in [2.05, 4.69) is 11.5 Å². The van der Waals surface area contributed by atoms with Gasteiger partial charge in [-0.3, -0.25) is 14.5 Å². The first-order chi connectivity index (χ1) is 9.42. The molecule has 0 spiro atoms. The van der Waals surface area contributed by atoms with Crippen LogP contribution in [0.4, 0.5) is 0 Å². The van der Waals surface area contributed by atoms with Crippen molar-refractivity contribution in [3.8, 4) is 0 Å². The zero-order valence-electron chi connectivity index (χ0n) is 12.6. The number of likely N-dealkylation sites (N-methyl/N-ethyl adjacent to an activating group) is 1. The molecule has 0 radical (unpaired) electrons. The van der Waals surface area contributed by atoms with E-state index in [1.54, 1.807) is 4.90 Å². The number of hydrogen-bond acceptors (Lipinski definition) is 3. The first kappa shape index (κ1) is 16.7. The number of hydrogen-bond donors (Lipinski definition) is 1. The van der Waals surface area contributed by atoms with Crippen LogP contribution < -0.4 is 0 Å². The lowest BCUT2D eigenvalue weighted by Crippen LogP contribution is -2.44. The maximum absolute atomic E-state index is 12.2. The number of carboxylic acid groups (broad SMARTS) is 1. The maximum atomic E-state index is 12.2. The van der Waals surface area contributed by atoms with E-state index >= 15 is 0 Å². The second-order valence-electron chi connectivity index (χ2n) is 5.71. The summed E-state index contributed by atoms with van der Waals surface area (Å²) in [6.45, 7) is 11.0. The summed E-state index contributed by atoms with van der Waals surface area (Å²) in [6.07, 6.45) is 2.12. The van der Waals surface area contributed by atoms with Crippen molar-refractivity contribution in [2.45, 2.75) is 33.1 Å². The van der Waals surface area contributed by atoms with Gasteiger partial charge in [-0.25, -0.2) is 0 Å². The molecular formula is C15H26N2O3. The highest BCUT2D eigenvalue weighted by Gasteiger charge is 2.24. The van der Waals surface area contributed by atoms with E-state index in [0.717, 1.165) is 25.0 Å². The lowest BCUT2D eigenvalue weighted by atomic mass is 9.95. The Kier molecular flexibility index (Phi) is 6.71. The van der Waals surface area contributed by atoms with E-state index in [-0.39, 0.29) is 18.2 Å². The van der Waals surface area contributed by atoms with Crippen LogP contribution in [0.5, 0.6) is 0 Å². The molecule has 0 aliphatic carbocycles. The number of piperidine rings is 1. The minimum absolute atomic E-state index is 0.103. The highest BCUT2D eigenvalue weighted by atomic mass is 16.4. The Labute approximate surface area is 121 Å². The highest BCUT2D eigenvalue weighted by molar-refractivity contribution is 5.78. The minimum atomic E-state index is -0.749. The summed E-state index contributed by atoms with van der Waals surface area (Å²) < 4.78 is 0. The molecule has 0 aromatic carbocycles. The minimum Gasteiger partial charge on any atom is -0.481 e. The molecule has 114 valence electrons. The number of amides is 1. The van der Waals surface area contributed by atoms with Gasteiger partial charge in [-0.1, -0.05) is 12.2 Å². The number of nitrogens with zero attached hydrogens (tertiary/aromatic N) is 2. The molecular weight excluding hydrogens is 256 g/mol. The van der Waals surface area contributed by atoms with Crippen molar-refractivity contribution in [3.63, 3.8) is 0 Å². The van der Waals surface area contributed by atoms with Gasteiger partial charge >= 0.3 is 5.97 Å². The molecule has 1 saturated heterocycles. The van der Waals surface area contributed by atoms with Gasteiger partial charge in [0.25, 0.3) is 0 Å². The van der Waals surface area contributed by atoms with E-state index in [9.17, 15) is 9.59 Å². The summed E-state index contributed by atoms with van der Waals surface area (Å²) in [5.74, 6) is -0.475. The normalized spacial score (nSPS) is 19.6. The van der Waals surface area contributed by atoms with E-state index < -0.39 is 5.97 Å². The topological polar surface area (TPSA) is 60.9 Å². The van der Waals surface area contributed by atoms with Crippen LogP contribution in [0.15, 0.2) is 12.2 Å². The van der Waals surface area contributed by atoms with Gasteiger partial charge in [-0.05, 0) is 39.2 Å². The van der Waals surface area contributed by atoms with E-state index in [0.29, 0.717) is 26.2 Å². The van der Waals surface area contributed by atoms with Crippen molar-refractivity contribution in [3.05, 3.63) is 12.2 Å². The molecule has 1 rings (SSSR count). The van der Waals surface area contributed by atoms with Crippen molar-refractivity contribution in [2.75, 3.05) is 32.7 Å². The third-order valence-corrected chi connectivity index (χ3v) is 3.62. The lowest BCUT2D eigenvalue weighted by molar-refractivity contribution is -0.138. The van der Waals surface area contributed by atoms with Crippen molar-refractivity contribution in [2.24, 2.45) is 5.92 Å². The van der Waals surface area contributed by atoms with Crippen LogP contribution in [0.25, 0.3) is 0 Å². The Hall–Kier alpha value is -1.36. The predicted octanol–water partition coefficient (Wildman–Crippen LogP) is 1.60. The van der Waals surface area contributed by atoms with E-state index in [4.69, 9.17) is 5.11 Å². The molecule has 1 N–H and O–H groups in total. The molecule has 0 saturated carbocycles. The monoisotopic (exact) mass is 282 g/mol. The number of likely N-dealkylation sites (tertiary alicyclic amines) is 1. The van der Waals surface area contributed by atoms with Gasteiger partial charge < -0.3 is 10.0 Å². The Bertz CT molecular complexity index is 368. The van der Waals surface area contributed by atoms with Gasteiger partial charge in [0.15, 0.2) is 0 Å². The van der Waals surface area contributed by atoms with Crippen LogP contribution in [0, 0.1) is 5.92 Å². The molecule has 1 fully saturated rings. The summed E-state index contributed by atoms with van der Waals surface area (Å²) in [5.41, 5.74) is 0.975. The molecule has 1 heterocycles. The Morgan fingerprint density at radius 1 is 1.45 bits per heavy atom. The fraction of sp³-hybridized carbons (Fsp3) is 0.733. The van der Waals surface area contributed by atoms with Gasteiger partial charge in [-0.15, -0.1) is 0 Å². The molecule has 1 amide bonds. The zero-order chi connectivity index (χ0) is 15.1. The number of aliphatic carboxylic acids is 1. The third kappa shape index (κ3) is 5.74. The lowest BCUT2D eigenvalue weighted by Gasteiger charge is -2.33. The van der Waals surface area contributed by atoms with Crippen LogP contribution in [0.1, 0.15) is 33.1 Å².